The summed E-state index contributed by atoms with van der Waals surface area (Å²) in [5.74, 6) is -1.88. The molecule has 1 spiro atoms. The molecule has 25 heavy (non-hydrogen) atoms. The molecule has 0 radical (unpaired) electrons. The number of aliphatic hydroxyl groups excluding tert-OH is 4. The summed E-state index contributed by atoms with van der Waals surface area (Å²) in [7, 11) is 0. The van der Waals surface area contributed by atoms with Crippen LogP contribution in [0, 0.1) is 0 Å². The predicted octanol–water partition coefficient (Wildman–Crippen LogP) is -2.52. The lowest BCUT2D eigenvalue weighted by Crippen LogP contribution is -2.84. The van der Waals surface area contributed by atoms with Crippen molar-refractivity contribution >= 4 is 11.7 Å². The molecular formula is C16H19NO8. The van der Waals surface area contributed by atoms with Crippen LogP contribution in [0.4, 0.5) is 0 Å². The zero-order valence-electron chi connectivity index (χ0n) is 13.1. The molecule has 1 aliphatic carbocycles. The Bertz CT molecular complexity index is 682. The lowest BCUT2D eigenvalue weighted by Gasteiger charge is -2.59. The van der Waals surface area contributed by atoms with Gasteiger partial charge >= 0.3 is 0 Å². The fourth-order valence-electron chi connectivity index (χ4n) is 3.34. The van der Waals surface area contributed by atoms with Crippen LogP contribution in [0.1, 0.15) is 12.0 Å². The lowest BCUT2D eigenvalue weighted by atomic mass is 9.62. The summed E-state index contributed by atoms with van der Waals surface area (Å²) in [6.07, 6.45) is -6.47. The summed E-state index contributed by atoms with van der Waals surface area (Å²) in [4.78, 5) is 29.5. The average Bonchev–Trinajstić information content (AvgIpc) is 2.62. The van der Waals surface area contributed by atoms with Crippen molar-refractivity contribution < 1.29 is 40.0 Å². The molecule has 1 saturated carbocycles. The highest BCUT2D eigenvalue weighted by Crippen LogP contribution is 2.46. The number of benzene rings is 1. The minimum absolute atomic E-state index is 0.0671. The Morgan fingerprint density at radius 1 is 1.12 bits per heavy atom. The standard InChI is InChI=1S/C16H19NO8/c18-8-16(24)13(22)11(20)15(12(21)14(16)23)6-10(19)17(15)25-7-9-4-2-1-3-5-9/h1-5,11-13,18,20-22,24H,6-8H2/t11-,12+,13+,15+,16-/m1/s1. The number of Topliss-reactive ketones (excluding diaryl/α,β-unsaturated/α-hetero) is 1. The van der Waals surface area contributed by atoms with E-state index >= 15 is 0 Å². The van der Waals surface area contributed by atoms with E-state index in [0.717, 1.165) is 0 Å². The maximum absolute atomic E-state index is 12.2. The molecule has 2 fully saturated rings. The molecule has 2 aliphatic rings. The monoisotopic (exact) mass is 353 g/mol. The van der Waals surface area contributed by atoms with Gasteiger partial charge in [-0.1, -0.05) is 30.3 Å². The van der Waals surface area contributed by atoms with Crippen LogP contribution in [-0.4, -0.2) is 78.3 Å². The summed E-state index contributed by atoms with van der Waals surface area (Å²) in [5, 5.41) is 50.7. The van der Waals surface area contributed by atoms with Gasteiger partial charge in [0.2, 0.25) is 5.91 Å². The van der Waals surface area contributed by atoms with Gasteiger partial charge in [-0.15, -0.1) is 0 Å². The molecule has 1 aliphatic heterocycles. The molecular weight excluding hydrogens is 334 g/mol. The van der Waals surface area contributed by atoms with Crippen molar-refractivity contribution in [1.29, 1.82) is 0 Å². The third-order valence-electron chi connectivity index (χ3n) is 4.93. The van der Waals surface area contributed by atoms with Gasteiger partial charge in [-0.3, -0.25) is 14.4 Å². The minimum Gasteiger partial charge on any atom is -0.393 e. The summed E-state index contributed by atoms with van der Waals surface area (Å²) < 4.78 is 0. The van der Waals surface area contributed by atoms with Crippen molar-refractivity contribution in [3.63, 3.8) is 0 Å². The molecule has 0 unspecified atom stereocenters. The number of nitrogens with zero attached hydrogens (tertiary/aromatic N) is 1. The fourth-order valence-corrected chi connectivity index (χ4v) is 3.34. The first kappa shape index (κ1) is 17.9. The Balaban J connectivity index is 1.86. The maximum Gasteiger partial charge on any atom is 0.249 e. The number of carbonyl (C=O) groups excluding carboxylic acids is 2. The van der Waals surface area contributed by atoms with Crippen molar-refractivity contribution in [2.45, 2.75) is 42.5 Å². The number of amides is 1. The first-order valence-corrected chi connectivity index (χ1v) is 7.70. The molecule has 9 nitrogen and oxygen atoms in total. The Kier molecular flexibility index (Phi) is 4.40. The van der Waals surface area contributed by atoms with Gasteiger partial charge in [-0.05, 0) is 5.56 Å². The van der Waals surface area contributed by atoms with Crippen LogP contribution in [0.2, 0.25) is 0 Å². The van der Waals surface area contributed by atoms with Crippen molar-refractivity contribution in [2.24, 2.45) is 0 Å². The maximum atomic E-state index is 12.2. The molecule has 1 amide bonds. The van der Waals surface area contributed by atoms with Crippen LogP contribution >= 0.6 is 0 Å². The van der Waals surface area contributed by atoms with Gasteiger partial charge < -0.3 is 25.5 Å². The molecule has 1 saturated heterocycles. The highest BCUT2D eigenvalue weighted by atomic mass is 16.7. The quantitative estimate of drug-likeness (QED) is 0.373. The largest absolute Gasteiger partial charge is 0.393 e. The van der Waals surface area contributed by atoms with Gasteiger partial charge in [0.05, 0.1) is 13.0 Å². The summed E-state index contributed by atoms with van der Waals surface area (Å²) in [5.41, 5.74) is -3.92. The van der Waals surface area contributed by atoms with E-state index in [0.29, 0.717) is 10.6 Å². The predicted molar refractivity (Wildman–Crippen MR) is 80.5 cm³/mol. The van der Waals surface area contributed by atoms with E-state index in [2.05, 4.69) is 0 Å². The zero-order chi connectivity index (χ0) is 18.4. The Labute approximate surface area is 142 Å². The van der Waals surface area contributed by atoms with Gasteiger partial charge in [-0.25, -0.2) is 5.06 Å². The molecule has 1 heterocycles. The highest BCUT2D eigenvalue weighted by molar-refractivity contribution is 5.98. The summed E-state index contributed by atoms with van der Waals surface area (Å²) >= 11 is 0. The number of hydrogen-bond acceptors (Lipinski definition) is 8. The highest BCUT2D eigenvalue weighted by Gasteiger charge is 2.72. The number of rotatable bonds is 4. The molecule has 1 aromatic carbocycles. The number of ketones is 1. The van der Waals surface area contributed by atoms with Gasteiger partial charge in [-0.2, -0.15) is 0 Å². The smallest absolute Gasteiger partial charge is 0.249 e. The third kappa shape index (κ3) is 2.40. The van der Waals surface area contributed by atoms with E-state index in [1.165, 1.54) is 0 Å². The molecule has 136 valence electrons. The van der Waals surface area contributed by atoms with E-state index in [4.69, 9.17) is 4.84 Å². The topological polar surface area (TPSA) is 148 Å². The Morgan fingerprint density at radius 2 is 1.76 bits per heavy atom. The number of hydroxylamine groups is 2. The fraction of sp³-hybridized carbons (Fsp3) is 0.500. The Morgan fingerprint density at radius 3 is 2.32 bits per heavy atom. The molecule has 1 aromatic rings. The molecule has 5 atom stereocenters. The second-order valence-electron chi connectivity index (χ2n) is 6.35. The van der Waals surface area contributed by atoms with E-state index in [-0.39, 0.29) is 6.61 Å². The molecule has 3 rings (SSSR count). The van der Waals surface area contributed by atoms with E-state index in [9.17, 15) is 35.1 Å². The second kappa shape index (κ2) is 6.13. The second-order valence-corrected chi connectivity index (χ2v) is 6.35. The van der Waals surface area contributed by atoms with E-state index in [1.54, 1.807) is 30.3 Å². The van der Waals surface area contributed by atoms with Crippen molar-refractivity contribution in [2.75, 3.05) is 6.61 Å². The van der Waals surface area contributed by atoms with Crippen LogP contribution < -0.4 is 0 Å². The molecule has 9 heteroatoms. The lowest BCUT2D eigenvalue weighted by molar-refractivity contribution is -0.323. The van der Waals surface area contributed by atoms with Crippen LogP contribution in [0.5, 0.6) is 0 Å². The Hall–Kier alpha value is -1.88. The zero-order valence-corrected chi connectivity index (χ0v) is 13.1. The third-order valence-corrected chi connectivity index (χ3v) is 4.93. The van der Waals surface area contributed by atoms with E-state index in [1.807, 2.05) is 0 Å². The van der Waals surface area contributed by atoms with Gasteiger partial charge in [0.15, 0.2) is 11.4 Å². The van der Waals surface area contributed by atoms with Crippen LogP contribution in [0.3, 0.4) is 0 Å². The van der Waals surface area contributed by atoms with Crippen molar-refractivity contribution in [3.8, 4) is 0 Å². The first-order valence-electron chi connectivity index (χ1n) is 7.70. The van der Waals surface area contributed by atoms with Gasteiger partial charge in [0.1, 0.15) is 30.5 Å². The number of hydrogen-bond donors (Lipinski definition) is 5. The number of carbonyl (C=O) groups is 2. The summed E-state index contributed by atoms with van der Waals surface area (Å²) in [6.45, 7) is -1.25. The normalized spacial score (nSPS) is 38.1. The van der Waals surface area contributed by atoms with E-state index < -0.39 is 54.2 Å². The van der Waals surface area contributed by atoms with Crippen molar-refractivity contribution in [1.82, 2.24) is 5.06 Å². The van der Waals surface area contributed by atoms with Crippen LogP contribution in [0.15, 0.2) is 30.3 Å². The molecule has 0 aromatic heterocycles. The average molecular weight is 353 g/mol. The van der Waals surface area contributed by atoms with Gasteiger partial charge in [0.25, 0.3) is 0 Å². The first-order chi connectivity index (χ1) is 11.8. The number of aliphatic hydroxyl groups is 5. The minimum atomic E-state index is -2.71. The SMILES string of the molecule is O=C1C[C@@]2([C@H](O)[C@H](O)[C@](O)(CO)C(=O)[C@@H]2O)N1OCc1ccccc1. The number of β-lactam (4-membered cyclic amide) rings is 1. The molecule has 5 N–H and O–H groups in total. The van der Waals surface area contributed by atoms with Gasteiger partial charge in [0, 0.05) is 0 Å². The summed E-state index contributed by atoms with van der Waals surface area (Å²) in [6, 6.07) is 8.76. The molecule has 0 bridgehead atoms. The van der Waals surface area contributed by atoms with Crippen LogP contribution in [-0.2, 0) is 21.0 Å². The van der Waals surface area contributed by atoms with Crippen LogP contribution in [0.25, 0.3) is 0 Å². The van der Waals surface area contributed by atoms with Crippen molar-refractivity contribution in [3.05, 3.63) is 35.9 Å².